The fraction of sp³-hybridized carbons (Fsp3) is 0.333. The maximum absolute atomic E-state index is 9.28. The molecular formula is C12H15NO. The minimum absolute atomic E-state index is 0.107. The van der Waals surface area contributed by atoms with Gasteiger partial charge in [0.25, 0.3) is 0 Å². The molecule has 2 heteroatoms. The van der Waals surface area contributed by atoms with E-state index < -0.39 is 0 Å². The largest absolute Gasteiger partial charge is 0.392 e. The fourth-order valence-corrected chi connectivity index (χ4v) is 2.13. The third kappa shape index (κ3) is 1.23. The van der Waals surface area contributed by atoms with Gasteiger partial charge in [-0.05, 0) is 38.0 Å². The molecule has 1 heterocycles. The summed E-state index contributed by atoms with van der Waals surface area (Å²) in [6, 6.07) is 4.27. The van der Waals surface area contributed by atoms with Crippen LogP contribution in [0, 0.1) is 20.8 Å². The van der Waals surface area contributed by atoms with Crippen molar-refractivity contribution in [2.75, 3.05) is 0 Å². The average molecular weight is 189 g/mol. The lowest BCUT2D eigenvalue weighted by molar-refractivity contribution is 0.282. The molecule has 0 aliphatic carbocycles. The number of aliphatic hydroxyl groups is 1. The van der Waals surface area contributed by atoms with Gasteiger partial charge in [-0.25, -0.2) is 0 Å². The molecule has 14 heavy (non-hydrogen) atoms. The second kappa shape index (κ2) is 3.14. The summed E-state index contributed by atoms with van der Waals surface area (Å²) in [6.45, 7) is 6.28. The van der Waals surface area contributed by atoms with Crippen LogP contribution >= 0.6 is 0 Å². The van der Waals surface area contributed by atoms with Crippen molar-refractivity contribution in [1.29, 1.82) is 0 Å². The Balaban J connectivity index is 2.88. The average Bonchev–Trinajstić information content (AvgIpc) is 2.40. The van der Waals surface area contributed by atoms with E-state index in [2.05, 4.69) is 31.0 Å². The van der Waals surface area contributed by atoms with Crippen LogP contribution in [-0.4, -0.2) is 10.1 Å². The first-order valence-electron chi connectivity index (χ1n) is 4.82. The second-order valence-electron chi connectivity index (χ2n) is 3.89. The monoisotopic (exact) mass is 189 g/mol. The van der Waals surface area contributed by atoms with Gasteiger partial charge < -0.3 is 10.1 Å². The Bertz CT molecular complexity index is 483. The molecule has 0 fully saturated rings. The molecule has 0 aliphatic heterocycles. The van der Waals surface area contributed by atoms with Crippen LogP contribution in [-0.2, 0) is 6.61 Å². The summed E-state index contributed by atoms with van der Waals surface area (Å²) in [6.07, 6.45) is 0. The van der Waals surface area contributed by atoms with Crippen molar-refractivity contribution in [3.05, 3.63) is 34.5 Å². The predicted octanol–water partition coefficient (Wildman–Crippen LogP) is 2.59. The molecule has 2 N–H and O–H groups in total. The van der Waals surface area contributed by atoms with E-state index in [1.54, 1.807) is 0 Å². The first-order chi connectivity index (χ1) is 6.63. The molecule has 0 spiro atoms. The zero-order chi connectivity index (χ0) is 10.3. The summed E-state index contributed by atoms with van der Waals surface area (Å²) in [5, 5.41) is 10.5. The van der Waals surface area contributed by atoms with Crippen molar-refractivity contribution in [2.45, 2.75) is 27.4 Å². The number of aromatic nitrogens is 1. The van der Waals surface area contributed by atoms with Gasteiger partial charge in [-0.2, -0.15) is 0 Å². The van der Waals surface area contributed by atoms with E-state index in [4.69, 9.17) is 0 Å². The third-order valence-electron chi connectivity index (χ3n) is 2.71. The van der Waals surface area contributed by atoms with Crippen molar-refractivity contribution < 1.29 is 5.11 Å². The van der Waals surface area contributed by atoms with Crippen molar-refractivity contribution in [3.63, 3.8) is 0 Å². The van der Waals surface area contributed by atoms with Crippen LogP contribution in [0.25, 0.3) is 10.9 Å². The van der Waals surface area contributed by atoms with Gasteiger partial charge in [0.05, 0.1) is 6.61 Å². The number of fused-ring (bicyclic) bond motifs is 1. The maximum Gasteiger partial charge on any atom is 0.0705 e. The van der Waals surface area contributed by atoms with Crippen LogP contribution in [0.1, 0.15) is 22.4 Å². The SMILES string of the molecule is Cc1cc(C)c2c(CO)c(C)[nH]c2c1. The molecule has 1 aromatic heterocycles. The van der Waals surface area contributed by atoms with E-state index in [9.17, 15) is 5.11 Å². The van der Waals surface area contributed by atoms with Gasteiger partial charge in [0, 0.05) is 22.2 Å². The molecule has 0 atom stereocenters. The number of aromatic amines is 1. The van der Waals surface area contributed by atoms with Crippen LogP contribution in [0.15, 0.2) is 12.1 Å². The molecule has 0 saturated heterocycles. The minimum atomic E-state index is 0.107. The van der Waals surface area contributed by atoms with E-state index >= 15 is 0 Å². The fourth-order valence-electron chi connectivity index (χ4n) is 2.13. The van der Waals surface area contributed by atoms with Gasteiger partial charge in [-0.15, -0.1) is 0 Å². The van der Waals surface area contributed by atoms with Crippen molar-refractivity contribution in [3.8, 4) is 0 Å². The standard InChI is InChI=1S/C12H15NO/c1-7-4-8(2)12-10(6-14)9(3)13-11(12)5-7/h4-5,13-14H,6H2,1-3H3. The quantitative estimate of drug-likeness (QED) is 0.710. The first kappa shape index (κ1) is 9.28. The highest BCUT2D eigenvalue weighted by Crippen LogP contribution is 2.26. The lowest BCUT2D eigenvalue weighted by Crippen LogP contribution is -1.86. The summed E-state index contributed by atoms with van der Waals surface area (Å²) in [5.41, 5.74) is 5.70. The van der Waals surface area contributed by atoms with E-state index in [1.807, 2.05) is 6.92 Å². The molecule has 2 aromatic rings. The third-order valence-corrected chi connectivity index (χ3v) is 2.71. The normalized spacial score (nSPS) is 11.1. The Morgan fingerprint density at radius 1 is 1.21 bits per heavy atom. The predicted molar refractivity (Wildman–Crippen MR) is 58.4 cm³/mol. The van der Waals surface area contributed by atoms with Crippen LogP contribution in [0.5, 0.6) is 0 Å². The number of hydrogen-bond donors (Lipinski definition) is 2. The highest BCUT2D eigenvalue weighted by atomic mass is 16.3. The topological polar surface area (TPSA) is 36.0 Å². The van der Waals surface area contributed by atoms with Gasteiger partial charge >= 0.3 is 0 Å². The summed E-state index contributed by atoms with van der Waals surface area (Å²) in [7, 11) is 0. The molecule has 2 nitrogen and oxygen atoms in total. The van der Waals surface area contributed by atoms with E-state index in [0.717, 1.165) is 16.8 Å². The van der Waals surface area contributed by atoms with Gasteiger partial charge in [-0.3, -0.25) is 0 Å². The number of aryl methyl sites for hydroxylation is 3. The molecule has 2 rings (SSSR count). The molecule has 0 radical (unpaired) electrons. The van der Waals surface area contributed by atoms with Crippen molar-refractivity contribution in [1.82, 2.24) is 4.98 Å². The van der Waals surface area contributed by atoms with E-state index in [1.165, 1.54) is 16.5 Å². The van der Waals surface area contributed by atoms with Crippen LogP contribution in [0.4, 0.5) is 0 Å². The summed E-state index contributed by atoms with van der Waals surface area (Å²) >= 11 is 0. The maximum atomic E-state index is 9.28. The zero-order valence-corrected chi connectivity index (χ0v) is 8.81. The smallest absolute Gasteiger partial charge is 0.0705 e. The van der Waals surface area contributed by atoms with Gasteiger partial charge in [-0.1, -0.05) is 6.07 Å². The van der Waals surface area contributed by atoms with Gasteiger partial charge in [0.1, 0.15) is 0 Å². The molecular weight excluding hydrogens is 174 g/mol. The second-order valence-corrected chi connectivity index (χ2v) is 3.89. The zero-order valence-electron chi connectivity index (χ0n) is 8.81. The number of benzene rings is 1. The summed E-state index contributed by atoms with van der Waals surface area (Å²) in [5.74, 6) is 0. The number of H-pyrrole nitrogens is 1. The highest BCUT2D eigenvalue weighted by molar-refractivity contribution is 5.88. The molecule has 1 aromatic carbocycles. The molecule has 0 aliphatic rings. The number of hydrogen-bond acceptors (Lipinski definition) is 1. The molecule has 0 bridgehead atoms. The Kier molecular flexibility index (Phi) is 2.08. The van der Waals surface area contributed by atoms with Crippen molar-refractivity contribution >= 4 is 10.9 Å². The molecule has 0 unspecified atom stereocenters. The Labute approximate surface area is 83.6 Å². The highest BCUT2D eigenvalue weighted by Gasteiger charge is 2.09. The Morgan fingerprint density at radius 3 is 2.57 bits per heavy atom. The Morgan fingerprint density at radius 2 is 1.93 bits per heavy atom. The lowest BCUT2D eigenvalue weighted by atomic mass is 10.0. The lowest BCUT2D eigenvalue weighted by Gasteiger charge is -2.01. The van der Waals surface area contributed by atoms with Crippen LogP contribution in [0.3, 0.4) is 0 Å². The van der Waals surface area contributed by atoms with Crippen LogP contribution < -0.4 is 0 Å². The number of aliphatic hydroxyl groups excluding tert-OH is 1. The molecule has 74 valence electrons. The Hall–Kier alpha value is -1.28. The molecule has 0 saturated carbocycles. The minimum Gasteiger partial charge on any atom is -0.392 e. The number of nitrogens with one attached hydrogen (secondary N) is 1. The van der Waals surface area contributed by atoms with E-state index in [-0.39, 0.29) is 6.61 Å². The molecule has 0 amide bonds. The van der Waals surface area contributed by atoms with Gasteiger partial charge in [0.15, 0.2) is 0 Å². The van der Waals surface area contributed by atoms with Crippen molar-refractivity contribution in [2.24, 2.45) is 0 Å². The summed E-state index contributed by atoms with van der Waals surface area (Å²) < 4.78 is 0. The van der Waals surface area contributed by atoms with E-state index in [0.29, 0.717) is 0 Å². The van der Waals surface area contributed by atoms with Gasteiger partial charge in [0.2, 0.25) is 0 Å². The number of rotatable bonds is 1. The summed E-state index contributed by atoms with van der Waals surface area (Å²) in [4.78, 5) is 3.30. The van der Waals surface area contributed by atoms with Crippen LogP contribution in [0.2, 0.25) is 0 Å². The first-order valence-corrected chi connectivity index (χ1v) is 4.82.